The molecule has 1 unspecified atom stereocenters. The monoisotopic (exact) mass is 142 g/mol. The molecular weight excluding hydrogens is 128 g/mol. The Morgan fingerprint density at radius 1 is 0.900 bits per heavy atom. The van der Waals surface area contributed by atoms with Gasteiger partial charge in [-0.2, -0.15) is 0 Å². The lowest BCUT2D eigenvalue weighted by molar-refractivity contribution is 0.370. The molecule has 2 aliphatic rings. The lowest BCUT2D eigenvalue weighted by atomic mass is 10.1. The summed E-state index contributed by atoms with van der Waals surface area (Å²) in [5.41, 5.74) is 0. The quantitative estimate of drug-likeness (QED) is 0.427. The summed E-state index contributed by atoms with van der Waals surface area (Å²) < 4.78 is 10.2. The molecule has 58 valence electrons. The van der Waals surface area contributed by atoms with Crippen molar-refractivity contribution in [3.8, 4) is 0 Å². The van der Waals surface area contributed by atoms with Crippen LogP contribution in [0.15, 0.2) is 0 Å². The molecule has 0 spiro atoms. The fourth-order valence-corrected chi connectivity index (χ4v) is 1.21. The topological polar surface area (TPSA) is 25.1 Å². The van der Waals surface area contributed by atoms with E-state index >= 15 is 0 Å². The molecule has 2 heterocycles. The van der Waals surface area contributed by atoms with Crippen LogP contribution in [0.5, 0.6) is 0 Å². The first-order valence-corrected chi connectivity index (χ1v) is 4.18. The highest BCUT2D eigenvalue weighted by Gasteiger charge is 2.23. The van der Waals surface area contributed by atoms with Gasteiger partial charge in [0.15, 0.2) is 0 Å². The predicted octanol–water partition coefficient (Wildman–Crippen LogP) is 1.34. The van der Waals surface area contributed by atoms with Crippen LogP contribution >= 0.6 is 0 Å². The van der Waals surface area contributed by atoms with Crippen molar-refractivity contribution in [1.29, 1.82) is 0 Å². The molecule has 2 nitrogen and oxygen atoms in total. The van der Waals surface area contributed by atoms with E-state index in [0.29, 0.717) is 12.2 Å². The van der Waals surface area contributed by atoms with Gasteiger partial charge in [0.2, 0.25) is 0 Å². The molecule has 0 aliphatic carbocycles. The molecule has 0 radical (unpaired) electrons. The van der Waals surface area contributed by atoms with E-state index in [2.05, 4.69) is 0 Å². The molecule has 2 aliphatic heterocycles. The van der Waals surface area contributed by atoms with Crippen LogP contribution in [0.2, 0.25) is 0 Å². The van der Waals surface area contributed by atoms with Gasteiger partial charge in [0.25, 0.3) is 0 Å². The van der Waals surface area contributed by atoms with Gasteiger partial charge in [-0.05, 0) is 12.8 Å². The van der Waals surface area contributed by atoms with Crippen molar-refractivity contribution < 1.29 is 9.47 Å². The highest BCUT2D eigenvalue weighted by molar-refractivity contribution is 4.71. The zero-order valence-corrected chi connectivity index (χ0v) is 6.21. The smallest absolute Gasteiger partial charge is 0.0810 e. The van der Waals surface area contributed by atoms with Crippen molar-refractivity contribution in [2.75, 3.05) is 13.2 Å². The lowest BCUT2D eigenvalue weighted by Crippen LogP contribution is -1.88. The Kier molecular flexibility index (Phi) is 1.91. The summed E-state index contributed by atoms with van der Waals surface area (Å²) in [6, 6.07) is 0. The molecule has 2 fully saturated rings. The summed E-state index contributed by atoms with van der Waals surface area (Å²) >= 11 is 0. The molecule has 10 heavy (non-hydrogen) atoms. The van der Waals surface area contributed by atoms with Crippen molar-refractivity contribution in [2.24, 2.45) is 0 Å². The molecule has 0 amide bonds. The van der Waals surface area contributed by atoms with Gasteiger partial charge < -0.3 is 9.47 Å². The summed E-state index contributed by atoms with van der Waals surface area (Å²) in [5.74, 6) is 0. The maximum Gasteiger partial charge on any atom is 0.0810 e. The number of ether oxygens (including phenoxy) is 2. The van der Waals surface area contributed by atoms with Crippen LogP contribution in [0.1, 0.15) is 25.7 Å². The molecule has 0 aromatic carbocycles. The molecule has 0 aromatic heterocycles. The van der Waals surface area contributed by atoms with Crippen LogP contribution in [0.3, 0.4) is 0 Å². The molecule has 0 N–H and O–H groups in total. The molecule has 2 heteroatoms. The van der Waals surface area contributed by atoms with E-state index in [9.17, 15) is 0 Å². The predicted molar refractivity (Wildman–Crippen MR) is 37.9 cm³/mol. The van der Waals surface area contributed by atoms with E-state index < -0.39 is 0 Å². The molecule has 0 saturated carbocycles. The van der Waals surface area contributed by atoms with E-state index in [1.165, 1.54) is 25.7 Å². The Labute approximate surface area is 61.5 Å². The summed E-state index contributed by atoms with van der Waals surface area (Å²) in [6.07, 6.45) is 6.44. The second-order valence-corrected chi connectivity index (χ2v) is 3.20. The third-order valence-corrected chi connectivity index (χ3v) is 2.11. The Morgan fingerprint density at radius 2 is 1.30 bits per heavy atom. The van der Waals surface area contributed by atoms with Gasteiger partial charge in [-0.25, -0.2) is 0 Å². The van der Waals surface area contributed by atoms with Gasteiger partial charge in [-0.15, -0.1) is 0 Å². The second-order valence-electron chi connectivity index (χ2n) is 3.20. The average molecular weight is 142 g/mol. The van der Waals surface area contributed by atoms with Crippen molar-refractivity contribution in [2.45, 2.75) is 37.9 Å². The maximum atomic E-state index is 5.10. The van der Waals surface area contributed by atoms with Crippen LogP contribution in [0, 0.1) is 0 Å². The number of epoxide rings is 2. The second kappa shape index (κ2) is 2.89. The zero-order valence-electron chi connectivity index (χ0n) is 6.21. The highest BCUT2D eigenvalue weighted by atomic mass is 16.6. The van der Waals surface area contributed by atoms with Crippen molar-refractivity contribution >= 4 is 0 Å². The first kappa shape index (κ1) is 6.62. The van der Waals surface area contributed by atoms with Crippen LogP contribution in [-0.4, -0.2) is 25.4 Å². The summed E-state index contributed by atoms with van der Waals surface area (Å²) in [5, 5.41) is 0. The molecule has 0 bridgehead atoms. The first-order chi connectivity index (χ1) is 4.95. The van der Waals surface area contributed by atoms with E-state index in [1.807, 2.05) is 0 Å². The summed E-state index contributed by atoms with van der Waals surface area (Å²) in [6.45, 7) is 2.03. The number of hydrogen-bond acceptors (Lipinski definition) is 2. The minimum Gasteiger partial charge on any atom is -0.373 e. The molecule has 2 atom stereocenters. The maximum absolute atomic E-state index is 5.10. The van der Waals surface area contributed by atoms with Crippen molar-refractivity contribution in [1.82, 2.24) is 0 Å². The van der Waals surface area contributed by atoms with Gasteiger partial charge in [-0.1, -0.05) is 12.8 Å². The van der Waals surface area contributed by atoms with Gasteiger partial charge in [0, 0.05) is 0 Å². The van der Waals surface area contributed by atoms with Crippen LogP contribution < -0.4 is 0 Å². The van der Waals surface area contributed by atoms with Crippen molar-refractivity contribution in [3.63, 3.8) is 0 Å². The van der Waals surface area contributed by atoms with Crippen LogP contribution in [0.25, 0.3) is 0 Å². The standard InChI is InChI=1S/C8H14O2/c1(3-7-5-9-7)2-4-8-6-10-8/h7-8H,1-6H2/t7-,8?/m1/s1. The summed E-state index contributed by atoms with van der Waals surface area (Å²) in [7, 11) is 0. The van der Waals surface area contributed by atoms with E-state index in [4.69, 9.17) is 9.47 Å². The lowest BCUT2D eigenvalue weighted by Gasteiger charge is -1.93. The van der Waals surface area contributed by atoms with Gasteiger partial charge in [0.05, 0.1) is 25.4 Å². The third kappa shape index (κ3) is 2.27. The molecule has 2 rings (SSSR count). The third-order valence-electron chi connectivity index (χ3n) is 2.11. The average Bonchev–Trinajstić information content (AvgIpc) is 2.77. The summed E-state index contributed by atoms with van der Waals surface area (Å²) in [4.78, 5) is 0. The van der Waals surface area contributed by atoms with Gasteiger partial charge in [0.1, 0.15) is 0 Å². The minimum absolute atomic E-state index is 0.625. The normalized spacial score (nSPS) is 36.0. The molecule has 2 saturated heterocycles. The van der Waals surface area contributed by atoms with Gasteiger partial charge >= 0.3 is 0 Å². The Hall–Kier alpha value is -0.0800. The number of unbranched alkanes of at least 4 members (excludes halogenated alkanes) is 1. The van der Waals surface area contributed by atoms with E-state index in [0.717, 1.165) is 13.2 Å². The van der Waals surface area contributed by atoms with Crippen LogP contribution in [-0.2, 0) is 9.47 Å². The first-order valence-electron chi connectivity index (χ1n) is 4.18. The van der Waals surface area contributed by atoms with E-state index in [1.54, 1.807) is 0 Å². The van der Waals surface area contributed by atoms with E-state index in [-0.39, 0.29) is 0 Å². The highest BCUT2D eigenvalue weighted by Crippen LogP contribution is 2.21. The number of hydrogen-bond donors (Lipinski definition) is 0. The SMILES string of the molecule is C(CC[C@@H]1CO1)CC1CO1. The fourth-order valence-electron chi connectivity index (χ4n) is 1.21. The van der Waals surface area contributed by atoms with Gasteiger partial charge in [-0.3, -0.25) is 0 Å². The Morgan fingerprint density at radius 3 is 1.60 bits per heavy atom. The number of rotatable bonds is 5. The van der Waals surface area contributed by atoms with Crippen LogP contribution in [0.4, 0.5) is 0 Å². The van der Waals surface area contributed by atoms with Crippen molar-refractivity contribution in [3.05, 3.63) is 0 Å². The zero-order chi connectivity index (χ0) is 6.81. The Balaban J connectivity index is 1.40. The fraction of sp³-hybridized carbons (Fsp3) is 1.00. The molecular formula is C8H14O2. The minimum atomic E-state index is 0.625. The largest absolute Gasteiger partial charge is 0.373 e. The Bertz CT molecular complexity index is 91.8. The molecule has 0 aromatic rings.